The average molecular weight is 503 g/mol. The second-order valence-corrected chi connectivity index (χ2v) is 11.1. The van der Waals surface area contributed by atoms with Crippen molar-refractivity contribution >= 4 is 50.3 Å². The van der Waals surface area contributed by atoms with E-state index in [4.69, 9.17) is 17.3 Å². The Labute approximate surface area is 193 Å². The van der Waals surface area contributed by atoms with Crippen molar-refractivity contribution in [2.45, 2.75) is 39.5 Å². The maximum Gasteiger partial charge on any atom is 0.162 e. The van der Waals surface area contributed by atoms with Crippen molar-refractivity contribution in [1.29, 1.82) is 5.26 Å². The van der Waals surface area contributed by atoms with Crippen molar-refractivity contribution in [1.82, 2.24) is 0 Å². The van der Waals surface area contributed by atoms with Gasteiger partial charge in [0.05, 0.1) is 17.6 Å². The Hall–Kier alpha value is -2.07. The van der Waals surface area contributed by atoms with Crippen molar-refractivity contribution in [2.75, 3.05) is 4.90 Å². The fraction of sp³-hybridized carbons (Fsp3) is 0.304. The fourth-order valence-electron chi connectivity index (χ4n) is 4.33. The third kappa shape index (κ3) is 3.49. The van der Waals surface area contributed by atoms with Gasteiger partial charge < -0.3 is 5.73 Å². The smallest absolute Gasteiger partial charge is 0.162 e. The van der Waals surface area contributed by atoms with Crippen LogP contribution in [-0.2, 0) is 4.79 Å². The first kappa shape index (κ1) is 21.2. The summed E-state index contributed by atoms with van der Waals surface area (Å²) in [6.07, 6.45) is 1.12. The molecule has 2 N–H and O–H groups in total. The molecule has 0 bridgehead atoms. The number of nitrogens with two attached hydrogens (primary N) is 1. The van der Waals surface area contributed by atoms with Gasteiger partial charge in [0.1, 0.15) is 5.82 Å². The van der Waals surface area contributed by atoms with Gasteiger partial charge in [0, 0.05) is 42.6 Å². The van der Waals surface area contributed by atoms with Crippen molar-refractivity contribution in [2.24, 2.45) is 11.1 Å². The molecule has 1 atom stereocenters. The number of allylic oxidation sites excluding steroid dienone is 3. The van der Waals surface area contributed by atoms with Crippen molar-refractivity contribution in [3.8, 4) is 6.07 Å². The van der Waals surface area contributed by atoms with Gasteiger partial charge in [-0.15, -0.1) is 11.3 Å². The van der Waals surface area contributed by atoms with Gasteiger partial charge in [-0.25, -0.2) is 0 Å². The van der Waals surface area contributed by atoms with Crippen LogP contribution >= 0.6 is 38.9 Å². The number of carbonyl (C=O) groups is 1. The molecule has 1 unspecified atom stereocenters. The molecule has 7 heteroatoms. The van der Waals surface area contributed by atoms with Gasteiger partial charge in [-0.3, -0.25) is 9.69 Å². The van der Waals surface area contributed by atoms with Gasteiger partial charge >= 0.3 is 0 Å². The number of halogens is 2. The summed E-state index contributed by atoms with van der Waals surface area (Å²) in [5.74, 6) is -0.0177. The summed E-state index contributed by atoms with van der Waals surface area (Å²) in [5.41, 5.74) is 9.11. The second kappa shape index (κ2) is 7.56. The molecule has 0 radical (unpaired) electrons. The van der Waals surface area contributed by atoms with Crippen LogP contribution in [0.4, 0.5) is 5.69 Å². The molecule has 0 saturated heterocycles. The molecule has 1 aliphatic heterocycles. The summed E-state index contributed by atoms with van der Waals surface area (Å²) in [6.45, 7) is 6.19. The van der Waals surface area contributed by atoms with Crippen LogP contribution in [0.2, 0.25) is 5.02 Å². The highest BCUT2D eigenvalue weighted by Gasteiger charge is 2.45. The molecule has 2 aliphatic rings. The average Bonchev–Trinajstić information content (AvgIpc) is 2.98. The van der Waals surface area contributed by atoms with Gasteiger partial charge in [0.2, 0.25) is 0 Å². The molecule has 1 aromatic carbocycles. The number of aryl methyl sites for hydroxylation is 1. The van der Waals surface area contributed by atoms with E-state index < -0.39 is 5.92 Å². The molecular formula is C23H21BrClN3OS. The Kier molecular flexibility index (Phi) is 5.34. The number of rotatable bonds is 2. The zero-order valence-electron chi connectivity index (χ0n) is 16.9. The van der Waals surface area contributed by atoms with E-state index in [0.29, 0.717) is 34.8 Å². The van der Waals surface area contributed by atoms with E-state index in [-0.39, 0.29) is 11.2 Å². The topological polar surface area (TPSA) is 70.1 Å². The molecule has 0 saturated carbocycles. The molecule has 2 aromatic rings. The van der Waals surface area contributed by atoms with Crippen LogP contribution in [0, 0.1) is 23.7 Å². The molecule has 2 heterocycles. The fourth-order valence-corrected chi connectivity index (χ4v) is 6.19. The minimum absolute atomic E-state index is 0.0701. The summed E-state index contributed by atoms with van der Waals surface area (Å²) in [7, 11) is 0. The molecular weight excluding hydrogens is 482 g/mol. The lowest BCUT2D eigenvalue weighted by molar-refractivity contribution is -0.118. The minimum atomic E-state index is -0.445. The van der Waals surface area contributed by atoms with Gasteiger partial charge in [-0.2, -0.15) is 5.26 Å². The number of nitriles is 1. The molecule has 0 amide bonds. The predicted octanol–water partition coefficient (Wildman–Crippen LogP) is 6.41. The molecule has 1 aromatic heterocycles. The zero-order valence-corrected chi connectivity index (χ0v) is 20.1. The summed E-state index contributed by atoms with van der Waals surface area (Å²) < 4.78 is 0.973. The summed E-state index contributed by atoms with van der Waals surface area (Å²) in [5, 5.41) is 10.7. The predicted molar refractivity (Wildman–Crippen MR) is 125 cm³/mol. The second-order valence-electron chi connectivity index (χ2n) is 8.51. The number of hydrogen-bond acceptors (Lipinski definition) is 5. The van der Waals surface area contributed by atoms with Crippen LogP contribution in [0.5, 0.6) is 0 Å². The Morgan fingerprint density at radius 3 is 2.67 bits per heavy atom. The normalized spacial score (nSPS) is 21.0. The SMILES string of the molecule is Cc1sc(C2C(C#N)=C(N)N(c3cccc(Cl)c3)C3=C2C(=O)CC(C)(C)C3)cc1Br. The van der Waals surface area contributed by atoms with E-state index in [9.17, 15) is 10.1 Å². The van der Waals surface area contributed by atoms with Crippen LogP contribution in [0.3, 0.4) is 0 Å². The van der Waals surface area contributed by atoms with Gasteiger partial charge in [0.25, 0.3) is 0 Å². The quantitative estimate of drug-likeness (QED) is 0.515. The summed E-state index contributed by atoms with van der Waals surface area (Å²) >= 11 is 11.4. The number of Topliss-reactive ketones (excluding diaryl/α,β-unsaturated/α-hetero) is 1. The van der Waals surface area contributed by atoms with Crippen LogP contribution in [0.15, 0.2) is 57.5 Å². The molecule has 30 heavy (non-hydrogen) atoms. The third-order valence-electron chi connectivity index (χ3n) is 5.61. The number of benzene rings is 1. The highest BCUT2D eigenvalue weighted by Crippen LogP contribution is 2.51. The lowest BCUT2D eigenvalue weighted by Crippen LogP contribution is -2.42. The summed E-state index contributed by atoms with van der Waals surface area (Å²) in [6, 6.07) is 11.7. The monoisotopic (exact) mass is 501 g/mol. The van der Waals surface area contributed by atoms with Crippen molar-refractivity contribution < 1.29 is 4.79 Å². The van der Waals surface area contributed by atoms with E-state index in [1.807, 2.05) is 36.1 Å². The van der Waals surface area contributed by atoms with Crippen LogP contribution in [-0.4, -0.2) is 5.78 Å². The van der Waals surface area contributed by atoms with E-state index in [1.165, 1.54) is 0 Å². The van der Waals surface area contributed by atoms with Gasteiger partial charge in [-0.1, -0.05) is 31.5 Å². The molecule has 0 spiro atoms. The molecule has 4 rings (SSSR count). The Morgan fingerprint density at radius 2 is 2.07 bits per heavy atom. The lowest BCUT2D eigenvalue weighted by Gasteiger charge is -2.43. The molecule has 0 fully saturated rings. The Balaban J connectivity index is 2.01. The lowest BCUT2D eigenvalue weighted by atomic mass is 9.69. The molecule has 4 nitrogen and oxygen atoms in total. The van der Waals surface area contributed by atoms with E-state index in [2.05, 4.69) is 35.8 Å². The first-order chi connectivity index (χ1) is 14.1. The number of nitrogens with zero attached hydrogens (tertiary/aromatic N) is 2. The molecule has 1 aliphatic carbocycles. The summed E-state index contributed by atoms with van der Waals surface area (Å²) in [4.78, 5) is 17.3. The first-order valence-corrected chi connectivity index (χ1v) is 11.6. The van der Waals surface area contributed by atoms with E-state index in [0.717, 1.165) is 25.6 Å². The minimum Gasteiger partial charge on any atom is -0.384 e. The van der Waals surface area contributed by atoms with Gasteiger partial charge in [-0.05, 0) is 59.0 Å². The number of hydrogen-bond donors (Lipinski definition) is 1. The molecule has 154 valence electrons. The number of thiophene rings is 1. The highest BCUT2D eigenvalue weighted by molar-refractivity contribution is 9.10. The van der Waals surface area contributed by atoms with Crippen LogP contribution < -0.4 is 10.6 Å². The standard InChI is InChI=1S/C23H21BrClN3OS/c1-12-16(24)8-19(30-12)20-15(11-26)22(27)28(14-6-4-5-13(25)7-14)17-9-23(2,3)10-18(29)21(17)20/h4-8,20H,9-10,27H2,1-3H3. The van der Waals surface area contributed by atoms with Crippen LogP contribution in [0.1, 0.15) is 42.4 Å². The largest absolute Gasteiger partial charge is 0.384 e. The number of anilines is 1. The maximum absolute atomic E-state index is 13.4. The zero-order chi connectivity index (χ0) is 21.8. The van der Waals surface area contributed by atoms with Crippen LogP contribution in [0.25, 0.3) is 0 Å². The number of ketones is 1. The first-order valence-electron chi connectivity index (χ1n) is 9.60. The van der Waals surface area contributed by atoms with Crippen molar-refractivity contribution in [3.63, 3.8) is 0 Å². The highest BCUT2D eigenvalue weighted by atomic mass is 79.9. The third-order valence-corrected chi connectivity index (χ3v) is 8.04. The Bertz CT molecular complexity index is 1150. The van der Waals surface area contributed by atoms with Gasteiger partial charge in [0.15, 0.2) is 5.78 Å². The number of carbonyl (C=O) groups excluding carboxylic acids is 1. The van der Waals surface area contributed by atoms with E-state index in [1.54, 1.807) is 17.4 Å². The van der Waals surface area contributed by atoms with E-state index >= 15 is 0 Å². The Morgan fingerprint density at radius 1 is 1.33 bits per heavy atom. The van der Waals surface area contributed by atoms with Crippen molar-refractivity contribution in [3.05, 3.63) is 72.2 Å². The maximum atomic E-state index is 13.4.